The van der Waals surface area contributed by atoms with Gasteiger partial charge in [-0.25, -0.2) is 18.3 Å². The lowest BCUT2D eigenvalue weighted by molar-refractivity contribution is 0.0113. The van der Waals surface area contributed by atoms with E-state index in [0.29, 0.717) is 39.8 Å². The molecule has 0 unspecified atom stereocenters. The number of thiophene rings is 1. The number of hydrogen-bond acceptors (Lipinski definition) is 7. The zero-order valence-corrected chi connectivity index (χ0v) is 23.5. The highest BCUT2D eigenvalue weighted by atomic mass is 32.1. The first-order valence-corrected chi connectivity index (χ1v) is 14.0. The Kier molecular flexibility index (Phi) is 7.07. The minimum atomic E-state index is -2.69. The number of fused-ring (bicyclic) bond motifs is 1. The number of nitrogens with one attached hydrogen (secondary N) is 3. The molecule has 1 aliphatic heterocycles. The lowest BCUT2D eigenvalue weighted by Crippen LogP contribution is -2.25. The summed E-state index contributed by atoms with van der Waals surface area (Å²) in [4.78, 5) is 27.7. The fourth-order valence-corrected chi connectivity index (χ4v) is 6.00. The van der Waals surface area contributed by atoms with Gasteiger partial charge < -0.3 is 10.6 Å². The van der Waals surface area contributed by atoms with Gasteiger partial charge in [0.25, 0.3) is 17.4 Å². The summed E-state index contributed by atoms with van der Waals surface area (Å²) < 4.78 is 44.7. The van der Waals surface area contributed by atoms with Gasteiger partial charge >= 0.3 is 0 Å². The number of amides is 1. The second-order valence-electron chi connectivity index (χ2n) is 10.3. The molecular weight excluding hydrogens is 567 g/mol. The van der Waals surface area contributed by atoms with E-state index >= 15 is 0 Å². The van der Waals surface area contributed by atoms with Crippen LogP contribution in [0.2, 0.25) is 0 Å². The molecule has 216 valence electrons. The average Bonchev–Trinajstić information content (AvgIpc) is 3.64. The molecular formula is C29H26F3N7O2S. The number of anilines is 3. The molecule has 2 aromatic carbocycles. The number of rotatable bonds is 7. The van der Waals surface area contributed by atoms with Crippen molar-refractivity contribution in [3.05, 3.63) is 86.9 Å². The van der Waals surface area contributed by atoms with Crippen LogP contribution in [0.15, 0.2) is 59.4 Å². The summed E-state index contributed by atoms with van der Waals surface area (Å²) in [6, 6.07) is 15.3. The van der Waals surface area contributed by atoms with E-state index < -0.39 is 23.2 Å². The summed E-state index contributed by atoms with van der Waals surface area (Å²) in [7, 11) is 1.70. The molecule has 1 fully saturated rings. The fraction of sp³-hybridized carbons (Fsp3) is 0.241. The fourth-order valence-electron chi connectivity index (χ4n) is 5.04. The van der Waals surface area contributed by atoms with Gasteiger partial charge in [-0.3, -0.25) is 19.2 Å². The van der Waals surface area contributed by atoms with Crippen molar-refractivity contribution < 1.29 is 18.0 Å². The van der Waals surface area contributed by atoms with Crippen molar-refractivity contribution in [3.63, 3.8) is 0 Å². The molecule has 3 aromatic heterocycles. The van der Waals surface area contributed by atoms with Gasteiger partial charge in [0, 0.05) is 42.9 Å². The first-order chi connectivity index (χ1) is 20.1. The van der Waals surface area contributed by atoms with E-state index in [4.69, 9.17) is 0 Å². The van der Waals surface area contributed by atoms with Gasteiger partial charge in [0.15, 0.2) is 5.82 Å². The number of nitrogens with zero attached hydrogens (tertiary/aromatic N) is 4. The van der Waals surface area contributed by atoms with E-state index in [1.165, 1.54) is 29.5 Å². The summed E-state index contributed by atoms with van der Waals surface area (Å²) in [6.45, 7) is 1.94. The van der Waals surface area contributed by atoms with Crippen LogP contribution in [0.25, 0.3) is 21.3 Å². The standard InChI is InChI=1S/C29H26F3N7O2S/c1-16-19(7-8-20(30)26(16)34-28(41)24-11-17-5-3-4-6-23(17)42-24)21-13-22(27(40)36-35-21)33-25-12-18(38(2)37-25)14-39-10-9-29(31,32)15-39/h3-8,11-13H,9-10,14-15H2,1-2H3,(H,34,41)(H,36,40)(H,33,35,37). The van der Waals surface area contributed by atoms with Crippen LogP contribution < -0.4 is 16.2 Å². The summed E-state index contributed by atoms with van der Waals surface area (Å²) in [6.07, 6.45) is -0.176. The molecule has 0 aliphatic carbocycles. The minimum Gasteiger partial charge on any atom is -0.334 e. The van der Waals surface area contributed by atoms with Crippen LogP contribution in [0, 0.1) is 12.7 Å². The second kappa shape index (κ2) is 10.7. The number of alkyl halides is 2. The number of aromatic amines is 1. The Morgan fingerprint density at radius 3 is 2.74 bits per heavy atom. The zero-order chi connectivity index (χ0) is 29.6. The van der Waals surface area contributed by atoms with Crippen molar-refractivity contribution in [1.82, 2.24) is 24.9 Å². The quantitative estimate of drug-likeness (QED) is 0.225. The second-order valence-corrected chi connectivity index (χ2v) is 11.4. The Morgan fingerprint density at radius 1 is 1.17 bits per heavy atom. The maximum Gasteiger partial charge on any atom is 0.287 e. The van der Waals surface area contributed by atoms with Crippen LogP contribution in [-0.2, 0) is 13.6 Å². The molecule has 1 aliphatic rings. The predicted octanol–water partition coefficient (Wildman–Crippen LogP) is 5.67. The number of hydrogen-bond donors (Lipinski definition) is 3. The van der Waals surface area contributed by atoms with Crippen molar-refractivity contribution in [2.45, 2.75) is 25.8 Å². The lowest BCUT2D eigenvalue weighted by Gasteiger charge is -2.15. The van der Waals surface area contributed by atoms with Crippen molar-refractivity contribution in [2.24, 2.45) is 7.05 Å². The van der Waals surface area contributed by atoms with Crippen molar-refractivity contribution in [3.8, 4) is 11.3 Å². The third-order valence-corrected chi connectivity index (χ3v) is 8.37. The van der Waals surface area contributed by atoms with E-state index in [-0.39, 0.29) is 30.9 Å². The van der Waals surface area contributed by atoms with E-state index in [1.807, 2.05) is 24.3 Å². The lowest BCUT2D eigenvalue weighted by atomic mass is 10.0. The minimum absolute atomic E-state index is 0.0133. The predicted molar refractivity (Wildman–Crippen MR) is 156 cm³/mol. The molecule has 13 heteroatoms. The van der Waals surface area contributed by atoms with Crippen molar-refractivity contribution >= 4 is 44.5 Å². The number of aromatic nitrogens is 4. The molecule has 3 N–H and O–H groups in total. The van der Waals surface area contributed by atoms with Gasteiger partial charge in [0.1, 0.15) is 11.5 Å². The highest BCUT2D eigenvalue weighted by Crippen LogP contribution is 2.33. The molecule has 0 bridgehead atoms. The smallest absolute Gasteiger partial charge is 0.287 e. The van der Waals surface area contributed by atoms with Gasteiger partial charge in [-0.1, -0.05) is 18.2 Å². The Bertz CT molecular complexity index is 1850. The maximum atomic E-state index is 14.9. The SMILES string of the molecule is Cc1c(-c2cc(Nc3cc(CN4CCC(F)(F)C4)n(C)n3)c(=O)[nH]n2)ccc(F)c1NC(=O)c1cc2ccccc2s1. The van der Waals surface area contributed by atoms with Crippen LogP contribution >= 0.6 is 11.3 Å². The van der Waals surface area contributed by atoms with Crippen LogP contribution in [0.1, 0.15) is 27.3 Å². The maximum absolute atomic E-state index is 14.9. The van der Waals surface area contributed by atoms with Crippen LogP contribution in [-0.4, -0.2) is 49.8 Å². The first kappa shape index (κ1) is 27.7. The van der Waals surface area contributed by atoms with Crippen LogP contribution in [0.5, 0.6) is 0 Å². The van der Waals surface area contributed by atoms with E-state index in [2.05, 4.69) is 25.9 Å². The topological polar surface area (TPSA) is 108 Å². The first-order valence-electron chi connectivity index (χ1n) is 13.2. The largest absolute Gasteiger partial charge is 0.334 e. The Balaban J connectivity index is 1.24. The average molecular weight is 594 g/mol. The summed E-state index contributed by atoms with van der Waals surface area (Å²) >= 11 is 1.31. The van der Waals surface area contributed by atoms with Gasteiger partial charge in [0.05, 0.1) is 28.5 Å². The molecule has 4 heterocycles. The number of carbonyl (C=O) groups is 1. The van der Waals surface area contributed by atoms with E-state index in [0.717, 1.165) is 10.1 Å². The normalized spacial score (nSPS) is 14.9. The molecule has 5 aromatic rings. The molecule has 9 nitrogen and oxygen atoms in total. The van der Waals surface area contributed by atoms with Gasteiger partial charge in [0.2, 0.25) is 0 Å². The molecule has 42 heavy (non-hydrogen) atoms. The molecule has 0 atom stereocenters. The van der Waals surface area contributed by atoms with E-state index in [1.54, 1.807) is 35.7 Å². The van der Waals surface area contributed by atoms with Gasteiger partial charge in [-0.2, -0.15) is 10.2 Å². The molecule has 1 saturated heterocycles. The van der Waals surface area contributed by atoms with Crippen LogP contribution in [0.3, 0.4) is 0 Å². The number of aryl methyl sites for hydroxylation is 1. The molecule has 0 saturated carbocycles. The summed E-state index contributed by atoms with van der Waals surface area (Å²) in [5.41, 5.74) is 1.60. The molecule has 0 spiro atoms. The Morgan fingerprint density at radius 2 is 1.98 bits per heavy atom. The van der Waals surface area contributed by atoms with E-state index in [9.17, 15) is 22.8 Å². The number of H-pyrrole nitrogens is 1. The number of carbonyl (C=O) groups excluding carboxylic acids is 1. The zero-order valence-electron chi connectivity index (χ0n) is 22.7. The number of likely N-dealkylation sites (tertiary alicyclic amines) is 1. The van der Waals surface area contributed by atoms with Gasteiger partial charge in [-0.05, 0) is 48.2 Å². The van der Waals surface area contributed by atoms with Crippen molar-refractivity contribution in [2.75, 3.05) is 23.7 Å². The highest BCUT2D eigenvalue weighted by Gasteiger charge is 2.38. The molecule has 0 radical (unpaired) electrons. The Hall–Kier alpha value is -4.49. The number of halogens is 3. The highest BCUT2D eigenvalue weighted by molar-refractivity contribution is 7.20. The summed E-state index contributed by atoms with van der Waals surface area (Å²) in [5.74, 6) is -3.38. The van der Waals surface area contributed by atoms with Gasteiger partial charge in [-0.15, -0.1) is 11.3 Å². The summed E-state index contributed by atoms with van der Waals surface area (Å²) in [5, 5.41) is 17.5. The Labute approximate surface area is 242 Å². The third-order valence-electron chi connectivity index (χ3n) is 7.26. The van der Waals surface area contributed by atoms with Crippen LogP contribution in [0.4, 0.5) is 30.4 Å². The number of benzene rings is 2. The molecule has 6 rings (SSSR count). The molecule has 1 amide bonds. The van der Waals surface area contributed by atoms with Crippen molar-refractivity contribution in [1.29, 1.82) is 0 Å². The third kappa shape index (κ3) is 5.52. The monoisotopic (exact) mass is 593 g/mol.